The summed E-state index contributed by atoms with van der Waals surface area (Å²) in [6, 6.07) is 21.4. The summed E-state index contributed by atoms with van der Waals surface area (Å²) < 4.78 is 17.5. The number of hydrogen-bond acceptors (Lipinski definition) is 7. The van der Waals surface area contributed by atoms with Crippen LogP contribution in [0.2, 0.25) is 0 Å². The lowest BCUT2D eigenvalue weighted by Gasteiger charge is -2.25. The van der Waals surface area contributed by atoms with Gasteiger partial charge in [0.15, 0.2) is 0 Å². The second kappa shape index (κ2) is 9.95. The second-order valence-corrected chi connectivity index (χ2v) is 8.34. The minimum absolute atomic E-state index is 0.390. The standard InChI is InChI=1S/C28H26N4O4/c1-34-22-9-4-19(5-10-22)16-31(17-20-6-11-23(35-2)12-7-20)28-30-25-13-8-21(27(33)36-3)14-24(25)26-15-29-18-32(26)28/h4-15,18H,16-17H2,1-3H3. The number of anilines is 1. The SMILES string of the molecule is COC(=O)c1ccc2nc(N(Cc3ccc(OC)cc3)Cc3ccc(OC)cc3)n3cncc3c2c1. The van der Waals surface area contributed by atoms with Crippen molar-refractivity contribution in [3.63, 3.8) is 0 Å². The van der Waals surface area contributed by atoms with Crippen LogP contribution in [0.4, 0.5) is 5.95 Å². The molecule has 0 unspecified atom stereocenters. The Morgan fingerprint density at radius 1 is 0.861 bits per heavy atom. The number of methoxy groups -OCH3 is 3. The lowest BCUT2D eigenvalue weighted by Crippen LogP contribution is -2.25. The number of benzene rings is 3. The zero-order chi connectivity index (χ0) is 25.1. The fourth-order valence-corrected chi connectivity index (χ4v) is 4.22. The van der Waals surface area contributed by atoms with Crippen molar-refractivity contribution < 1.29 is 19.0 Å². The first-order valence-corrected chi connectivity index (χ1v) is 11.4. The molecule has 0 radical (unpaired) electrons. The number of carbonyl (C=O) groups excluding carboxylic acids is 1. The molecule has 0 bridgehead atoms. The Labute approximate surface area is 208 Å². The molecule has 3 aromatic carbocycles. The van der Waals surface area contributed by atoms with Gasteiger partial charge >= 0.3 is 5.97 Å². The van der Waals surface area contributed by atoms with E-state index in [1.165, 1.54) is 7.11 Å². The van der Waals surface area contributed by atoms with Gasteiger partial charge in [0.2, 0.25) is 5.95 Å². The van der Waals surface area contributed by atoms with Crippen molar-refractivity contribution in [3.8, 4) is 11.5 Å². The van der Waals surface area contributed by atoms with Crippen molar-refractivity contribution in [1.29, 1.82) is 0 Å². The largest absolute Gasteiger partial charge is 0.497 e. The molecule has 0 N–H and O–H groups in total. The molecule has 2 heterocycles. The first-order valence-electron chi connectivity index (χ1n) is 11.4. The third-order valence-electron chi connectivity index (χ3n) is 6.12. The van der Waals surface area contributed by atoms with Crippen molar-refractivity contribution >= 4 is 28.3 Å². The molecule has 36 heavy (non-hydrogen) atoms. The molecule has 2 aromatic heterocycles. The summed E-state index contributed by atoms with van der Waals surface area (Å²) in [5, 5.41) is 0.827. The maximum absolute atomic E-state index is 12.1. The molecule has 0 saturated carbocycles. The number of ether oxygens (including phenoxy) is 3. The number of hydrogen-bond donors (Lipinski definition) is 0. The van der Waals surface area contributed by atoms with Gasteiger partial charge in [0.1, 0.15) is 17.8 Å². The van der Waals surface area contributed by atoms with Gasteiger partial charge in [0.25, 0.3) is 0 Å². The average molecular weight is 483 g/mol. The van der Waals surface area contributed by atoms with Crippen molar-refractivity contribution in [2.75, 3.05) is 26.2 Å². The van der Waals surface area contributed by atoms with Crippen molar-refractivity contribution in [2.24, 2.45) is 0 Å². The molecule has 182 valence electrons. The Bertz CT molecular complexity index is 1460. The minimum Gasteiger partial charge on any atom is -0.497 e. The van der Waals surface area contributed by atoms with Crippen LogP contribution < -0.4 is 14.4 Å². The van der Waals surface area contributed by atoms with E-state index in [4.69, 9.17) is 19.2 Å². The Hall–Kier alpha value is -4.59. The van der Waals surface area contributed by atoms with Crippen LogP contribution >= 0.6 is 0 Å². The highest BCUT2D eigenvalue weighted by molar-refractivity contribution is 6.00. The maximum Gasteiger partial charge on any atom is 0.337 e. The van der Waals surface area contributed by atoms with Gasteiger partial charge in [-0.05, 0) is 53.6 Å². The van der Waals surface area contributed by atoms with Crippen LogP contribution in [0.1, 0.15) is 21.5 Å². The van der Waals surface area contributed by atoms with Gasteiger partial charge < -0.3 is 19.1 Å². The highest BCUT2D eigenvalue weighted by atomic mass is 16.5. The number of rotatable bonds is 8. The van der Waals surface area contributed by atoms with Gasteiger partial charge in [-0.2, -0.15) is 0 Å². The summed E-state index contributed by atoms with van der Waals surface area (Å²) in [4.78, 5) is 23.7. The number of aromatic nitrogens is 3. The van der Waals surface area contributed by atoms with E-state index in [0.29, 0.717) is 18.7 Å². The molecular formula is C28H26N4O4. The monoisotopic (exact) mass is 482 g/mol. The summed E-state index contributed by atoms with van der Waals surface area (Å²) in [5.74, 6) is 1.97. The average Bonchev–Trinajstić information content (AvgIpc) is 3.43. The number of esters is 1. The van der Waals surface area contributed by atoms with E-state index < -0.39 is 0 Å². The Morgan fingerprint density at radius 2 is 1.47 bits per heavy atom. The van der Waals surface area contributed by atoms with E-state index in [1.807, 2.05) is 34.7 Å². The van der Waals surface area contributed by atoms with Crippen molar-refractivity contribution in [3.05, 3.63) is 95.9 Å². The summed E-state index contributed by atoms with van der Waals surface area (Å²) in [6.45, 7) is 1.23. The zero-order valence-electron chi connectivity index (χ0n) is 20.3. The van der Waals surface area contributed by atoms with Gasteiger partial charge in [-0.25, -0.2) is 14.8 Å². The predicted octanol–water partition coefficient (Wildman–Crippen LogP) is 4.89. The minimum atomic E-state index is -0.390. The highest BCUT2D eigenvalue weighted by Gasteiger charge is 2.18. The summed E-state index contributed by atoms with van der Waals surface area (Å²) in [5.41, 5.74) is 4.31. The molecule has 0 aliphatic carbocycles. The molecule has 0 aliphatic heterocycles. The molecule has 0 spiro atoms. The number of carbonyl (C=O) groups is 1. The molecule has 0 atom stereocenters. The second-order valence-electron chi connectivity index (χ2n) is 8.34. The van der Waals surface area contributed by atoms with Crippen LogP contribution in [0, 0.1) is 0 Å². The molecule has 0 fully saturated rings. The van der Waals surface area contributed by atoms with Crippen molar-refractivity contribution in [1.82, 2.24) is 14.4 Å². The lowest BCUT2D eigenvalue weighted by atomic mass is 10.1. The highest BCUT2D eigenvalue weighted by Crippen LogP contribution is 2.28. The van der Waals surface area contributed by atoms with Gasteiger partial charge in [0.05, 0.1) is 44.1 Å². The predicted molar refractivity (Wildman–Crippen MR) is 138 cm³/mol. The van der Waals surface area contributed by atoms with Gasteiger partial charge in [0, 0.05) is 18.5 Å². The first kappa shape index (κ1) is 23.2. The smallest absolute Gasteiger partial charge is 0.337 e. The third-order valence-corrected chi connectivity index (χ3v) is 6.12. The Balaban J connectivity index is 1.61. The Kier molecular flexibility index (Phi) is 6.40. The van der Waals surface area contributed by atoms with Gasteiger partial charge in [-0.3, -0.25) is 4.40 Å². The molecule has 8 heteroatoms. The van der Waals surface area contributed by atoms with Gasteiger partial charge in [-0.15, -0.1) is 0 Å². The lowest BCUT2D eigenvalue weighted by molar-refractivity contribution is 0.0601. The van der Waals surface area contributed by atoms with Crippen LogP contribution in [0.25, 0.3) is 16.4 Å². The fraction of sp³-hybridized carbons (Fsp3) is 0.179. The molecule has 0 saturated heterocycles. The van der Waals surface area contributed by atoms with E-state index in [0.717, 1.165) is 45.0 Å². The fourth-order valence-electron chi connectivity index (χ4n) is 4.22. The van der Waals surface area contributed by atoms with Crippen LogP contribution in [-0.4, -0.2) is 41.7 Å². The molecule has 5 aromatic rings. The van der Waals surface area contributed by atoms with Crippen molar-refractivity contribution in [2.45, 2.75) is 13.1 Å². The number of fused-ring (bicyclic) bond motifs is 3. The number of imidazole rings is 1. The maximum atomic E-state index is 12.1. The molecular weight excluding hydrogens is 456 g/mol. The normalized spacial score (nSPS) is 11.0. The van der Waals surface area contributed by atoms with Crippen LogP contribution in [-0.2, 0) is 17.8 Å². The summed E-state index contributed by atoms with van der Waals surface area (Å²) >= 11 is 0. The topological polar surface area (TPSA) is 78.2 Å². The van der Waals surface area contributed by atoms with Crippen LogP contribution in [0.3, 0.4) is 0 Å². The van der Waals surface area contributed by atoms with E-state index in [2.05, 4.69) is 34.1 Å². The molecule has 0 aliphatic rings. The van der Waals surface area contributed by atoms with Crippen LogP contribution in [0.5, 0.6) is 11.5 Å². The summed E-state index contributed by atoms with van der Waals surface area (Å²) in [7, 11) is 4.69. The Morgan fingerprint density at radius 3 is 2.03 bits per heavy atom. The van der Waals surface area contributed by atoms with E-state index in [1.54, 1.807) is 38.9 Å². The molecule has 0 amide bonds. The zero-order valence-corrected chi connectivity index (χ0v) is 20.3. The first-order chi connectivity index (χ1) is 17.6. The van der Waals surface area contributed by atoms with E-state index >= 15 is 0 Å². The van der Waals surface area contributed by atoms with E-state index in [-0.39, 0.29) is 5.97 Å². The third kappa shape index (κ3) is 4.53. The van der Waals surface area contributed by atoms with Gasteiger partial charge in [-0.1, -0.05) is 24.3 Å². The van der Waals surface area contributed by atoms with E-state index in [9.17, 15) is 4.79 Å². The number of nitrogens with zero attached hydrogens (tertiary/aromatic N) is 4. The molecule has 5 rings (SSSR count). The van der Waals surface area contributed by atoms with Crippen LogP contribution in [0.15, 0.2) is 79.3 Å². The molecule has 8 nitrogen and oxygen atoms in total. The summed E-state index contributed by atoms with van der Waals surface area (Å²) in [6.07, 6.45) is 3.53. The quantitative estimate of drug-likeness (QED) is 0.291.